The fourth-order valence-electron chi connectivity index (χ4n) is 8.22. The van der Waals surface area contributed by atoms with Crippen molar-refractivity contribution in [1.82, 2.24) is 5.32 Å². The molecule has 0 saturated heterocycles. The fraction of sp³-hybridized carbons (Fsp3) is 0.925. The Hall–Kier alpha value is -1.40. The molecule has 0 fully saturated rings. The van der Waals surface area contributed by atoms with Crippen molar-refractivity contribution in [3.05, 3.63) is 12.2 Å². The van der Waals surface area contributed by atoms with Crippen LogP contribution in [0.5, 0.6) is 0 Å². The Balaban J connectivity index is 3.43. The summed E-state index contributed by atoms with van der Waals surface area (Å²) >= 11 is 0. The monoisotopic (exact) mass is 834 g/mol. The van der Waals surface area contributed by atoms with E-state index < -0.39 is 12.1 Å². The van der Waals surface area contributed by atoms with Crippen LogP contribution in [0.1, 0.15) is 290 Å². The van der Waals surface area contributed by atoms with Gasteiger partial charge in [0.1, 0.15) is 0 Å². The number of allylic oxidation sites excluding steroid dienone is 2. The number of esters is 1. The molecule has 0 aliphatic heterocycles. The van der Waals surface area contributed by atoms with Crippen molar-refractivity contribution in [2.75, 3.05) is 13.2 Å². The van der Waals surface area contributed by atoms with Gasteiger partial charge in [0.15, 0.2) is 0 Å². The number of rotatable bonds is 49. The zero-order valence-corrected chi connectivity index (χ0v) is 39.7. The van der Waals surface area contributed by atoms with Gasteiger partial charge in [-0.2, -0.15) is 0 Å². The Morgan fingerprint density at radius 1 is 0.458 bits per heavy atom. The average Bonchev–Trinajstić information content (AvgIpc) is 3.24. The van der Waals surface area contributed by atoms with E-state index in [1.807, 2.05) is 0 Å². The molecule has 0 aromatic heterocycles. The lowest BCUT2D eigenvalue weighted by Crippen LogP contribution is -2.45. The van der Waals surface area contributed by atoms with Gasteiger partial charge in [-0.1, -0.05) is 238 Å². The topological polar surface area (TPSA) is 95.9 Å². The molecular formula is C53H103NO5. The van der Waals surface area contributed by atoms with Crippen LogP contribution in [0.2, 0.25) is 0 Å². The average molecular weight is 834 g/mol. The summed E-state index contributed by atoms with van der Waals surface area (Å²) in [5.74, 6) is -0.0550. The number of aliphatic hydroxyl groups excluding tert-OH is 2. The maximum atomic E-state index is 12.4. The molecule has 1 amide bonds. The van der Waals surface area contributed by atoms with Gasteiger partial charge in [-0.15, -0.1) is 0 Å². The van der Waals surface area contributed by atoms with Crippen LogP contribution in [0.3, 0.4) is 0 Å². The zero-order valence-electron chi connectivity index (χ0n) is 39.7. The van der Waals surface area contributed by atoms with Crippen LogP contribution in [0.4, 0.5) is 0 Å². The Labute approximate surface area is 368 Å². The standard InChI is InChI=1S/C53H103NO5/c1-3-5-7-9-11-13-15-17-18-23-27-31-35-39-43-47-53(58)59-48-44-40-36-32-28-24-20-19-22-26-30-34-38-42-46-52(57)54-50(49-55)51(56)45-41-37-33-29-25-21-16-14-12-10-8-6-4-2/h17-18,50-51,55-56H,3-16,19-49H2,1-2H3,(H,54,57)/b18-17-. The SMILES string of the molecule is CCCCCCCC/C=C\CCCCCCCC(=O)OCCCCCCCCCCCCCCCCC(=O)NC(CO)C(O)CCCCCCCCCCCCCCC. The molecule has 0 rings (SSSR count). The molecule has 0 saturated carbocycles. The molecule has 0 aliphatic rings. The molecule has 0 radical (unpaired) electrons. The molecule has 2 unspecified atom stereocenters. The first-order valence-corrected chi connectivity index (χ1v) is 26.4. The Morgan fingerprint density at radius 2 is 0.797 bits per heavy atom. The predicted molar refractivity (Wildman–Crippen MR) is 255 cm³/mol. The number of nitrogens with one attached hydrogen (secondary N) is 1. The number of hydrogen-bond donors (Lipinski definition) is 3. The smallest absolute Gasteiger partial charge is 0.305 e. The van der Waals surface area contributed by atoms with Crippen molar-refractivity contribution in [2.45, 2.75) is 302 Å². The highest BCUT2D eigenvalue weighted by molar-refractivity contribution is 5.76. The highest BCUT2D eigenvalue weighted by Crippen LogP contribution is 2.17. The second-order valence-corrected chi connectivity index (χ2v) is 18.2. The number of carbonyl (C=O) groups is 2. The summed E-state index contributed by atoms with van der Waals surface area (Å²) in [5, 5.41) is 23.2. The van der Waals surface area contributed by atoms with E-state index in [-0.39, 0.29) is 18.5 Å². The minimum absolute atomic E-state index is 0.00983. The van der Waals surface area contributed by atoms with Crippen LogP contribution in [0.15, 0.2) is 12.2 Å². The first-order valence-electron chi connectivity index (χ1n) is 26.4. The van der Waals surface area contributed by atoms with Crippen molar-refractivity contribution >= 4 is 11.9 Å². The van der Waals surface area contributed by atoms with Gasteiger partial charge in [-0.05, 0) is 51.4 Å². The maximum absolute atomic E-state index is 12.4. The lowest BCUT2D eigenvalue weighted by molar-refractivity contribution is -0.143. The predicted octanol–water partition coefficient (Wildman–Crippen LogP) is 15.7. The molecule has 6 nitrogen and oxygen atoms in total. The lowest BCUT2D eigenvalue weighted by Gasteiger charge is -2.22. The third kappa shape index (κ3) is 45.9. The number of ether oxygens (including phenoxy) is 1. The molecule has 0 aliphatic carbocycles. The van der Waals surface area contributed by atoms with Crippen molar-refractivity contribution < 1.29 is 24.5 Å². The summed E-state index contributed by atoms with van der Waals surface area (Å²) in [6.07, 6.45) is 56.1. The van der Waals surface area contributed by atoms with Crippen molar-refractivity contribution in [3.8, 4) is 0 Å². The van der Waals surface area contributed by atoms with E-state index in [1.165, 1.54) is 205 Å². The van der Waals surface area contributed by atoms with Gasteiger partial charge < -0.3 is 20.3 Å². The number of unbranched alkanes of at least 4 members (excludes halogenated alkanes) is 36. The minimum atomic E-state index is -0.670. The largest absolute Gasteiger partial charge is 0.466 e. The third-order valence-electron chi connectivity index (χ3n) is 12.3. The quantitative estimate of drug-likeness (QED) is 0.0322. The van der Waals surface area contributed by atoms with Crippen LogP contribution in [-0.2, 0) is 14.3 Å². The van der Waals surface area contributed by atoms with Gasteiger partial charge in [0.05, 0.1) is 25.4 Å². The molecular weight excluding hydrogens is 731 g/mol. The molecule has 0 bridgehead atoms. The summed E-state index contributed by atoms with van der Waals surface area (Å²) < 4.78 is 5.46. The van der Waals surface area contributed by atoms with Crippen molar-refractivity contribution in [1.29, 1.82) is 0 Å². The van der Waals surface area contributed by atoms with Crippen LogP contribution >= 0.6 is 0 Å². The van der Waals surface area contributed by atoms with E-state index in [0.717, 1.165) is 51.4 Å². The van der Waals surface area contributed by atoms with E-state index in [2.05, 4.69) is 31.3 Å². The number of carbonyl (C=O) groups excluding carboxylic acids is 2. The van der Waals surface area contributed by atoms with Crippen LogP contribution < -0.4 is 5.32 Å². The van der Waals surface area contributed by atoms with E-state index in [0.29, 0.717) is 25.9 Å². The van der Waals surface area contributed by atoms with Crippen LogP contribution in [-0.4, -0.2) is 47.4 Å². The summed E-state index contributed by atoms with van der Waals surface area (Å²) in [5.41, 5.74) is 0. The normalized spacial score (nSPS) is 12.7. The van der Waals surface area contributed by atoms with Crippen molar-refractivity contribution in [3.63, 3.8) is 0 Å². The summed E-state index contributed by atoms with van der Waals surface area (Å²) in [6.45, 7) is 4.92. The van der Waals surface area contributed by atoms with Gasteiger partial charge >= 0.3 is 5.97 Å². The molecule has 0 spiro atoms. The van der Waals surface area contributed by atoms with E-state index in [1.54, 1.807) is 0 Å². The molecule has 350 valence electrons. The number of aliphatic hydroxyl groups is 2. The molecule has 0 aromatic rings. The highest BCUT2D eigenvalue weighted by atomic mass is 16.5. The summed E-state index contributed by atoms with van der Waals surface area (Å²) in [4.78, 5) is 24.5. The first kappa shape index (κ1) is 57.6. The van der Waals surface area contributed by atoms with E-state index in [9.17, 15) is 19.8 Å². The second kappa shape index (κ2) is 49.3. The summed E-state index contributed by atoms with van der Waals surface area (Å²) in [6, 6.07) is -0.548. The van der Waals surface area contributed by atoms with E-state index >= 15 is 0 Å². The third-order valence-corrected chi connectivity index (χ3v) is 12.3. The Bertz CT molecular complexity index is 878. The van der Waals surface area contributed by atoms with E-state index in [4.69, 9.17) is 4.74 Å². The minimum Gasteiger partial charge on any atom is -0.466 e. The Morgan fingerprint density at radius 3 is 1.20 bits per heavy atom. The molecule has 0 heterocycles. The molecule has 59 heavy (non-hydrogen) atoms. The highest BCUT2D eigenvalue weighted by Gasteiger charge is 2.20. The molecule has 3 N–H and O–H groups in total. The van der Waals surface area contributed by atoms with Gasteiger partial charge in [0.25, 0.3) is 0 Å². The van der Waals surface area contributed by atoms with Gasteiger partial charge in [-0.25, -0.2) is 0 Å². The van der Waals surface area contributed by atoms with Crippen molar-refractivity contribution in [2.24, 2.45) is 0 Å². The van der Waals surface area contributed by atoms with Gasteiger partial charge in [-0.3, -0.25) is 9.59 Å². The lowest BCUT2D eigenvalue weighted by atomic mass is 10.0. The fourth-order valence-corrected chi connectivity index (χ4v) is 8.22. The first-order chi connectivity index (χ1) is 29.0. The van der Waals surface area contributed by atoms with Crippen LogP contribution in [0, 0.1) is 0 Å². The van der Waals surface area contributed by atoms with Crippen LogP contribution in [0.25, 0.3) is 0 Å². The molecule has 0 aromatic carbocycles. The van der Waals surface area contributed by atoms with Gasteiger partial charge in [0.2, 0.25) is 5.91 Å². The summed E-state index contributed by atoms with van der Waals surface area (Å²) in [7, 11) is 0. The zero-order chi connectivity index (χ0) is 43.0. The number of amides is 1. The molecule has 2 atom stereocenters. The number of hydrogen-bond acceptors (Lipinski definition) is 5. The Kier molecular flexibility index (Phi) is 48.1. The molecule has 6 heteroatoms. The maximum Gasteiger partial charge on any atom is 0.305 e. The van der Waals surface area contributed by atoms with Gasteiger partial charge in [0, 0.05) is 12.8 Å². The second-order valence-electron chi connectivity index (χ2n) is 18.2.